The topological polar surface area (TPSA) is 67.4 Å². The molecule has 2 rings (SSSR count). The van der Waals surface area contributed by atoms with Gasteiger partial charge in [0.25, 0.3) is 0 Å². The highest BCUT2D eigenvalue weighted by atomic mass is 16.5. The number of amides is 2. The number of methoxy groups -OCH3 is 1. The second-order valence-corrected chi connectivity index (χ2v) is 7.39. The molecule has 5 nitrogen and oxygen atoms in total. The van der Waals surface area contributed by atoms with Crippen molar-refractivity contribution in [3.8, 4) is 5.75 Å². The van der Waals surface area contributed by atoms with Crippen LogP contribution in [-0.2, 0) is 16.1 Å². The van der Waals surface area contributed by atoms with Crippen LogP contribution < -0.4 is 15.4 Å². The highest BCUT2D eigenvalue weighted by Crippen LogP contribution is 2.21. The lowest BCUT2D eigenvalue weighted by atomic mass is 9.90. The molecule has 0 saturated heterocycles. The van der Waals surface area contributed by atoms with E-state index in [9.17, 15) is 9.59 Å². The summed E-state index contributed by atoms with van der Waals surface area (Å²) in [5, 5.41) is 5.65. The van der Waals surface area contributed by atoms with Gasteiger partial charge in [-0.15, -0.1) is 0 Å². The molecule has 0 fully saturated rings. The normalized spacial score (nSPS) is 11.2. The average molecular weight is 368 g/mol. The fourth-order valence-electron chi connectivity index (χ4n) is 2.49. The molecule has 0 atom stereocenters. The Kier molecular flexibility index (Phi) is 6.61. The van der Waals surface area contributed by atoms with E-state index in [2.05, 4.69) is 24.5 Å². The first kappa shape index (κ1) is 20.5. The van der Waals surface area contributed by atoms with Crippen LogP contribution in [0.5, 0.6) is 5.75 Å². The SMILES string of the molecule is COc1ccc(CNC(=O)C(C)(C)C(=O)Nc2ccc(C(C)C)cc2)cc1. The van der Waals surface area contributed by atoms with Crippen molar-refractivity contribution in [2.24, 2.45) is 5.41 Å². The Labute approximate surface area is 161 Å². The van der Waals surface area contributed by atoms with Gasteiger partial charge < -0.3 is 15.4 Å². The molecule has 0 aliphatic rings. The number of benzene rings is 2. The molecule has 2 amide bonds. The Balaban J connectivity index is 1.95. The quantitative estimate of drug-likeness (QED) is 0.723. The van der Waals surface area contributed by atoms with Crippen molar-refractivity contribution < 1.29 is 14.3 Å². The molecule has 0 aliphatic carbocycles. The maximum atomic E-state index is 12.6. The van der Waals surface area contributed by atoms with Crippen molar-refractivity contribution in [3.05, 3.63) is 59.7 Å². The summed E-state index contributed by atoms with van der Waals surface area (Å²) in [7, 11) is 1.61. The highest BCUT2D eigenvalue weighted by Gasteiger charge is 2.35. The maximum Gasteiger partial charge on any atom is 0.239 e. The molecule has 0 aliphatic heterocycles. The molecule has 2 aromatic rings. The molecule has 0 spiro atoms. The smallest absolute Gasteiger partial charge is 0.239 e. The minimum absolute atomic E-state index is 0.324. The van der Waals surface area contributed by atoms with E-state index in [0.29, 0.717) is 18.2 Å². The zero-order chi connectivity index (χ0) is 20.0. The van der Waals surface area contributed by atoms with Gasteiger partial charge in [-0.1, -0.05) is 38.1 Å². The number of hydrogen-bond donors (Lipinski definition) is 2. The molecular formula is C22H28N2O3. The lowest BCUT2D eigenvalue weighted by Gasteiger charge is -2.23. The Morgan fingerprint density at radius 3 is 2.07 bits per heavy atom. The Morgan fingerprint density at radius 1 is 0.963 bits per heavy atom. The van der Waals surface area contributed by atoms with Crippen molar-refractivity contribution >= 4 is 17.5 Å². The van der Waals surface area contributed by atoms with Crippen LogP contribution in [0.2, 0.25) is 0 Å². The molecule has 144 valence electrons. The Hall–Kier alpha value is -2.82. The molecule has 5 heteroatoms. The average Bonchev–Trinajstić information content (AvgIpc) is 2.66. The monoisotopic (exact) mass is 368 g/mol. The number of hydrogen-bond acceptors (Lipinski definition) is 3. The fourth-order valence-corrected chi connectivity index (χ4v) is 2.49. The molecule has 0 aromatic heterocycles. The van der Waals surface area contributed by atoms with Crippen LogP contribution in [0.25, 0.3) is 0 Å². The predicted octanol–water partition coefficient (Wildman–Crippen LogP) is 4.10. The minimum atomic E-state index is -1.19. The number of rotatable bonds is 7. The number of anilines is 1. The van der Waals surface area contributed by atoms with Crippen molar-refractivity contribution in [3.63, 3.8) is 0 Å². The van der Waals surface area contributed by atoms with Gasteiger partial charge in [0.1, 0.15) is 11.2 Å². The summed E-state index contributed by atoms with van der Waals surface area (Å²) in [5.41, 5.74) is 1.62. The van der Waals surface area contributed by atoms with Gasteiger partial charge in [-0.2, -0.15) is 0 Å². The summed E-state index contributed by atoms with van der Waals surface area (Å²) in [4.78, 5) is 25.1. The molecule has 2 N–H and O–H groups in total. The largest absolute Gasteiger partial charge is 0.497 e. The van der Waals surface area contributed by atoms with E-state index in [-0.39, 0.29) is 11.8 Å². The number of nitrogens with one attached hydrogen (secondary N) is 2. The van der Waals surface area contributed by atoms with E-state index >= 15 is 0 Å². The molecule has 2 aromatic carbocycles. The lowest BCUT2D eigenvalue weighted by molar-refractivity contribution is -0.138. The van der Waals surface area contributed by atoms with Crippen molar-refractivity contribution in [1.29, 1.82) is 0 Å². The van der Waals surface area contributed by atoms with Crippen LogP contribution in [0, 0.1) is 5.41 Å². The van der Waals surface area contributed by atoms with Gasteiger partial charge >= 0.3 is 0 Å². The van der Waals surface area contributed by atoms with Crippen LogP contribution in [0.4, 0.5) is 5.69 Å². The van der Waals surface area contributed by atoms with Crippen molar-refractivity contribution in [1.82, 2.24) is 5.32 Å². The summed E-state index contributed by atoms with van der Waals surface area (Å²) in [6.45, 7) is 7.82. The highest BCUT2D eigenvalue weighted by molar-refractivity contribution is 6.09. The fraction of sp³-hybridized carbons (Fsp3) is 0.364. The first-order valence-electron chi connectivity index (χ1n) is 9.06. The van der Waals surface area contributed by atoms with E-state index < -0.39 is 5.41 Å². The molecule has 0 heterocycles. The predicted molar refractivity (Wildman–Crippen MR) is 108 cm³/mol. The maximum absolute atomic E-state index is 12.6. The first-order chi connectivity index (χ1) is 12.7. The van der Waals surface area contributed by atoms with Crippen LogP contribution >= 0.6 is 0 Å². The number of ether oxygens (including phenoxy) is 1. The number of carbonyl (C=O) groups excluding carboxylic acids is 2. The van der Waals surface area contributed by atoms with E-state index in [0.717, 1.165) is 11.3 Å². The third-order valence-electron chi connectivity index (χ3n) is 4.58. The van der Waals surface area contributed by atoms with Gasteiger partial charge in [0, 0.05) is 12.2 Å². The van der Waals surface area contributed by atoms with Gasteiger partial charge in [0.15, 0.2) is 0 Å². The zero-order valence-electron chi connectivity index (χ0n) is 16.6. The van der Waals surface area contributed by atoms with Gasteiger partial charge in [-0.3, -0.25) is 9.59 Å². The third-order valence-corrected chi connectivity index (χ3v) is 4.58. The zero-order valence-corrected chi connectivity index (χ0v) is 16.6. The second kappa shape index (κ2) is 8.71. The third kappa shape index (κ3) is 5.33. The van der Waals surface area contributed by atoms with Crippen LogP contribution in [0.3, 0.4) is 0 Å². The van der Waals surface area contributed by atoms with Crippen LogP contribution in [-0.4, -0.2) is 18.9 Å². The minimum Gasteiger partial charge on any atom is -0.497 e. The Bertz CT molecular complexity index is 778. The summed E-state index contributed by atoms with van der Waals surface area (Å²) in [6, 6.07) is 15.1. The first-order valence-corrected chi connectivity index (χ1v) is 9.06. The van der Waals surface area contributed by atoms with E-state index in [4.69, 9.17) is 4.74 Å². The van der Waals surface area contributed by atoms with Crippen molar-refractivity contribution in [2.45, 2.75) is 40.2 Å². The summed E-state index contributed by atoms with van der Waals surface area (Å²) in [5.74, 6) is 0.518. The Morgan fingerprint density at radius 2 is 1.56 bits per heavy atom. The molecule has 0 saturated carbocycles. The van der Waals surface area contributed by atoms with Gasteiger partial charge in [0.2, 0.25) is 11.8 Å². The molecule has 0 unspecified atom stereocenters. The van der Waals surface area contributed by atoms with Crippen LogP contribution in [0.15, 0.2) is 48.5 Å². The standard InChI is InChI=1S/C22H28N2O3/c1-15(2)17-8-10-18(11-9-17)24-21(26)22(3,4)20(25)23-14-16-6-12-19(27-5)13-7-16/h6-13,15H,14H2,1-5H3,(H,23,25)(H,24,26). The number of carbonyl (C=O) groups is 2. The van der Waals surface area contributed by atoms with E-state index in [1.807, 2.05) is 48.5 Å². The van der Waals surface area contributed by atoms with Gasteiger partial charge in [-0.25, -0.2) is 0 Å². The summed E-state index contributed by atoms with van der Waals surface area (Å²) >= 11 is 0. The van der Waals surface area contributed by atoms with Gasteiger partial charge in [-0.05, 0) is 55.2 Å². The molecule has 27 heavy (non-hydrogen) atoms. The summed E-state index contributed by atoms with van der Waals surface area (Å²) < 4.78 is 5.12. The molecule has 0 radical (unpaired) electrons. The van der Waals surface area contributed by atoms with E-state index in [1.165, 1.54) is 5.56 Å². The second-order valence-electron chi connectivity index (χ2n) is 7.39. The molecule has 0 bridgehead atoms. The lowest BCUT2D eigenvalue weighted by Crippen LogP contribution is -2.44. The molecular weight excluding hydrogens is 340 g/mol. The van der Waals surface area contributed by atoms with Crippen molar-refractivity contribution in [2.75, 3.05) is 12.4 Å². The van der Waals surface area contributed by atoms with E-state index in [1.54, 1.807) is 21.0 Å². The van der Waals surface area contributed by atoms with Crippen LogP contribution in [0.1, 0.15) is 44.7 Å². The van der Waals surface area contributed by atoms with Gasteiger partial charge in [0.05, 0.1) is 7.11 Å². The summed E-state index contributed by atoms with van der Waals surface area (Å²) in [6.07, 6.45) is 0.